The Morgan fingerprint density at radius 3 is 2.54 bits per heavy atom. The number of carbonyl (C=O) groups excluding carboxylic acids is 2. The van der Waals surface area contributed by atoms with Gasteiger partial charge in [-0.15, -0.1) is 0 Å². The lowest BCUT2D eigenvalue weighted by molar-refractivity contribution is -0.130. The minimum Gasteiger partial charge on any atom is -0.494 e. The van der Waals surface area contributed by atoms with E-state index in [0.29, 0.717) is 42.9 Å². The largest absolute Gasteiger partial charge is 0.494 e. The van der Waals surface area contributed by atoms with Gasteiger partial charge in [-0.25, -0.2) is 0 Å². The van der Waals surface area contributed by atoms with Gasteiger partial charge in [0.05, 0.1) is 18.2 Å². The fourth-order valence-corrected chi connectivity index (χ4v) is 2.49. The third-order valence-corrected chi connectivity index (χ3v) is 3.97. The number of carbonyl (C=O) groups is 2. The van der Waals surface area contributed by atoms with Crippen LogP contribution in [0.25, 0.3) is 0 Å². The second kappa shape index (κ2) is 9.38. The van der Waals surface area contributed by atoms with Crippen LogP contribution in [-0.4, -0.2) is 30.2 Å². The first-order chi connectivity index (χ1) is 12.5. The highest BCUT2D eigenvalue weighted by atomic mass is 16.5. The zero-order chi connectivity index (χ0) is 18.9. The number of nitriles is 1. The smallest absolute Gasteiger partial charge is 0.222 e. The van der Waals surface area contributed by atoms with Gasteiger partial charge in [-0.2, -0.15) is 5.26 Å². The van der Waals surface area contributed by atoms with Gasteiger partial charge in [0.2, 0.25) is 5.91 Å². The molecule has 0 atom stereocenters. The molecule has 0 bridgehead atoms. The average Bonchev–Trinajstić information content (AvgIpc) is 2.65. The van der Waals surface area contributed by atoms with Gasteiger partial charge in [-0.3, -0.25) is 9.59 Å². The third kappa shape index (κ3) is 5.75. The monoisotopic (exact) mass is 350 g/mol. The predicted molar refractivity (Wildman–Crippen MR) is 98.8 cm³/mol. The van der Waals surface area contributed by atoms with Crippen LogP contribution in [0.2, 0.25) is 0 Å². The standard InChI is InChI=1S/C21H22N2O3/c1-16(24)19-8-10-20(11-9-19)26-12-4-7-21(25)23(2)15-18-6-3-5-17(13-18)14-22/h3,5-6,8-11,13H,4,7,12,15H2,1-2H3. The molecule has 2 aromatic rings. The van der Waals surface area contributed by atoms with Crippen molar-refractivity contribution >= 4 is 11.7 Å². The van der Waals surface area contributed by atoms with Gasteiger partial charge in [0, 0.05) is 25.6 Å². The van der Waals surface area contributed by atoms with Crippen molar-refractivity contribution in [1.82, 2.24) is 4.90 Å². The zero-order valence-electron chi connectivity index (χ0n) is 15.1. The molecule has 0 radical (unpaired) electrons. The summed E-state index contributed by atoms with van der Waals surface area (Å²) in [5, 5.41) is 8.92. The minimum atomic E-state index is 0.0190. The molecule has 0 fully saturated rings. The van der Waals surface area contributed by atoms with Crippen LogP contribution in [0.3, 0.4) is 0 Å². The van der Waals surface area contributed by atoms with Crippen molar-refractivity contribution in [2.24, 2.45) is 0 Å². The van der Waals surface area contributed by atoms with E-state index in [2.05, 4.69) is 6.07 Å². The number of benzene rings is 2. The SMILES string of the molecule is CC(=O)c1ccc(OCCCC(=O)N(C)Cc2cccc(C#N)c2)cc1. The first-order valence-electron chi connectivity index (χ1n) is 8.46. The van der Waals surface area contributed by atoms with E-state index in [0.717, 1.165) is 5.56 Å². The van der Waals surface area contributed by atoms with Crippen molar-refractivity contribution in [3.8, 4) is 11.8 Å². The van der Waals surface area contributed by atoms with Gasteiger partial charge < -0.3 is 9.64 Å². The lowest BCUT2D eigenvalue weighted by Crippen LogP contribution is -2.26. The van der Waals surface area contributed by atoms with Gasteiger partial charge >= 0.3 is 0 Å². The summed E-state index contributed by atoms with van der Waals surface area (Å²) in [7, 11) is 1.75. The molecule has 1 amide bonds. The molecule has 0 spiro atoms. The summed E-state index contributed by atoms with van der Waals surface area (Å²) in [5.41, 5.74) is 2.17. The number of nitrogens with zero attached hydrogens (tertiary/aromatic N) is 2. The Hall–Kier alpha value is -3.13. The number of hydrogen-bond donors (Lipinski definition) is 0. The van der Waals surface area contributed by atoms with Crippen molar-refractivity contribution in [2.75, 3.05) is 13.7 Å². The van der Waals surface area contributed by atoms with E-state index >= 15 is 0 Å². The van der Waals surface area contributed by atoms with Crippen LogP contribution >= 0.6 is 0 Å². The molecule has 0 heterocycles. The van der Waals surface area contributed by atoms with Crippen molar-refractivity contribution in [3.63, 3.8) is 0 Å². The van der Waals surface area contributed by atoms with Crippen LogP contribution in [0.4, 0.5) is 0 Å². The van der Waals surface area contributed by atoms with Gasteiger partial charge in [-0.1, -0.05) is 12.1 Å². The maximum atomic E-state index is 12.2. The minimum absolute atomic E-state index is 0.0190. The Balaban J connectivity index is 1.73. The maximum Gasteiger partial charge on any atom is 0.222 e. The number of ether oxygens (including phenoxy) is 1. The molecule has 0 saturated heterocycles. The quantitative estimate of drug-likeness (QED) is 0.539. The first kappa shape index (κ1) is 19.2. The average molecular weight is 350 g/mol. The number of amides is 1. The highest BCUT2D eigenvalue weighted by Crippen LogP contribution is 2.13. The Kier molecular flexibility index (Phi) is 6.92. The molecule has 5 heteroatoms. The summed E-state index contributed by atoms with van der Waals surface area (Å²) in [6, 6.07) is 16.3. The molecule has 0 unspecified atom stereocenters. The van der Waals surface area contributed by atoms with Crippen molar-refractivity contribution < 1.29 is 14.3 Å². The maximum absolute atomic E-state index is 12.2. The summed E-state index contributed by atoms with van der Waals surface area (Å²) >= 11 is 0. The van der Waals surface area contributed by atoms with Gasteiger partial charge in [0.1, 0.15) is 5.75 Å². The molecule has 0 saturated carbocycles. The highest BCUT2D eigenvalue weighted by Gasteiger charge is 2.09. The summed E-state index contributed by atoms with van der Waals surface area (Å²) in [6.07, 6.45) is 0.996. The lowest BCUT2D eigenvalue weighted by Gasteiger charge is -2.17. The van der Waals surface area contributed by atoms with Crippen molar-refractivity contribution in [3.05, 3.63) is 65.2 Å². The molecule has 134 valence electrons. The van der Waals surface area contributed by atoms with Crippen LogP contribution in [0.5, 0.6) is 5.75 Å². The molecule has 26 heavy (non-hydrogen) atoms. The topological polar surface area (TPSA) is 70.4 Å². The number of Topliss-reactive ketones (excluding diaryl/α,β-unsaturated/α-hetero) is 1. The Morgan fingerprint density at radius 1 is 1.15 bits per heavy atom. The third-order valence-electron chi connectivity index (χ3n) is 3.97. The molecule has 0 aromatic heterocycles. The molecule has 0 aliphatic rings. The van der Waals surface area contributed by atoms with Crippen LogP contribution < -0.4 is 4.74 Å². The molecular weight excluding hydrogens is 328 g/mol. The second-order valence-corrected chi connectivity index (χ2v) is 6.09. The Labute approximate surface area is 153 Å². The first-order valence-corrected chi connectivity index (χ1v) is 8.46. The van der Waals surface area contributed by atoms with E-state index in [1.54, 1.807) is 48.3 Å². The van der Waals surface area contributed by atoms with Gasteiger partial charge in [0.15, 0.2) is 5.78 Å². The van der Waals surface area contributed by atoms with Gasteiger partial charge in [0.25, 0.3) is 0 Å². The summed E-state index contributed by atoms with van der Waals surface area (Å²) in [5.74, 6) is 0.734. The normalized spacial score (nSPS) is 10.0. The van der Waals surface area contributed by atoms with Crippen LogP contribution in [0.15, 0.2) is 48.5 Å². The Morgan fingerprint density at radius 2 is 1.88 bits per heavy atom. The van der Waals surface area contributed by atoms with E-state index in [1.807, 2.05) is 12.1 Å². The van der Waals surface area contributed by atoms with Crippen molar-refractivity contribution in [2.45, 2.75) is 26.3 Å². The second-order valence-electron chi connectivity index (χ2n) is 6.09. The van der Waals surface area contributed by atoms with Crippen LogP contribution in [0, 0.1) is 11.3 Å². The van der Waals surface area contributed by atoms with E-state index in [4.69, 9.17) is 10.00 Å². The fraction of sp³-hybridized carbons (Fsp3) is 0.286. The molecule has 2 aromatic carbocycles. The number of rotatable bonds is 8. The van der Waals surface area contributed by atoms with E-state index in [9.17, 15) is 9.59 Å². The van der Waals surface area contributed by atoms with Crippen LogP contribution in [0.1, 0.15) is 41.3 Å². The van der Waals surface area contributed by atoms with E-state index in [1.165, 1.54) is 6.92 Å². The molecule has 0 N–H and O–H groups in total. The molecular formula is C21H22N2O3. The van der Waals surface area contributed by atoms with E-state index in [-0.39, 0.29) is 11.7 Å². The molecule has 0 aliphatic carbocycles. The lowest BCUT2D eigenvalue weighted by atomic mass is 10.1. The zero-order valence-corrected chi connectivity index (χ0v) is 15.1. The number of ketones is 1. The summed E-state index contributed by atoms with van der Waals surface area (Å²) in [4.78, 5) is 25.1. The molecule has 2 rings (SSSR count). The van der Waals surface area contributed by atoms with E-state index < -0.39 is 0 Å². The number of hydrogen-bond acceptors (Lipinski definition) is 4. The molecule has 0 aliphatic heterocycles. The predicted octanol–water partition coefficient (Wildman–Crippen LogP) is 3.58. The van der Waals surface area contributed by atoms with Crippen molar-refractivity contribution in [1.29, 1.82) is 5.26 Å². The highest BCUT2D eigenvalue weighted by molar-refractivity contribution is 5.94. The summed E-state index contributed by atoms with van der Waals surface area (Å²) < 4.78 is 5.60. The Bertz CT molecular complexity index is 807. The van der Waals surface area contributed by atoms with Crippen LogP contribution in [-0.2, 0) is 11.3 Å². The molecule has 5 nitrogen and oxygen atoms in total. The fourth-order valence-electron chi connectivity index (χ4n) is 2.49. The van der Waals surface area contributed by atoms with Gasteiger partial charge in [-0.05, 0) is 55.3 Å². The summed E-state index contributed by atoms with van der Waals surface area (Å²) in [6.45, 7) is 2.43.